The van der Waals surface area contributed by atoms with Crippen LogP contribution in [0.5, 0.6) is 11.5 Å². The Kier molecular flexibility index (Phi) is 10.0. The third-order valence-corrected chi connectivity index (χ3v) is 6.97. The molecule has 190 valence electrons. The van der Waals surface area contributed by atoms with Crippen LogP contribution in [0.3, 0.4) is 0 Å². The zero-order valence-corrected chi connectivity index (χ0v) is 21.1. The molecule has 34 heavy (non-hydrogen) atoms. The van der Waals surface area contributed by atoms with E-state index in [0.717, 1.165) is 44.3 Å². The van der Waals surface area contributed by atoms with Crippen molar-refractivity contribution in [2.75, 3.05) is 47.1 Å². The van der Waals surface area contributed by atoms with Crippen LogP contribution in [0.25, 0.3) is 0 Å². The number of methoxy groups -OCH3 is 2. The molecule has 8 nitrogen and oxygen atoms in total. The molecule has 0 bridgehead atoms. The van der Waals surface area contributed by atoms with E-state index >= 15 is 0 Å². The standard InChI is InChI=1S/C26H41N3O5/c1-18(2)24(28-25(30)19-8-6-5-7-9-19)26(31)27-17-21(29-12-14-34-15-13-29)20-10-11-22(32-3)23(16-20)33-4/h10-11,16,18-19,21,24H,5-9,12-15,17H2,1-4H3,(H,27,31)(H,28,30). The maximum Gasteiger partial charge on any atom is 0.242 e. The Morgan fingerprint density at radius 1 is 1.06 bits per heavy atom. The van der Waals surface area contributed by atoms with E-state index in [1.54, 1.807) is 14.2 Å². The first kappa shape index (κ1) is 26.3. The molecule has 0 radical (unpaired) electrons. The molecule has 1 saturated carbocycles. The van der Waals surface area contributed by atoms with Gasteiger partial charge in [0.25, 0.3) is 0 Å². The molecular weight excluding hydrogens is 434 g/mol. The minimum absolute atomic E-state index is 0.00421. The van der Waals surface area contributed by atoms with Crippen LogP contribution in [0.1, 0.15) is 57.6 Å². The van der Waals surface area contributed by atoms with Gasteiger partial charge in [0.05, 0.1) is 33.5 Å². The lowest BCUT2D eigenvalue weighted by Gasteiger charge is -2.35. The number of hydrogen-bond donors (Lipinski definition) is 2. The van der Waals surface area contributed by atoms with Gasteiger partial charge in [-0.2, -0.15) is 0 Å². The maximum absolute atomic E-state index is 13.2. The minimum Gasteiger partial charge on any atom is -0.493 e. The van der Waals surface area contributed by atoms with Gasteiger partial charge < -0.3 is 24.8 Å². The fourth-order valence-electron chi connectivity index (χ4n) is 4.89. The second-order valence-corrected chi connectivity index (χ2v) is 9.59. The molecule has 2 aliphatic rings. The van der Waals surface area contributed by atoms with Crippen LogP contribution in [0, 0.1) is 11.8 Å². The van der Waals surface area contributed by atoms with Crippen molar-refractivity contribution in [3.05, 3.63) is 23.8 Å². The molecule has 2 fully saturated rings. The summed E-state index contributed by atoms with van der Waals surface area (Å²) < 4.78 is 16.4. The van der Waals surface area contributed by atoms with E-state index in [1.807, 2.05) is 32.0 Å². The molecule has 1 aromatic rings. The van der Waals surface area contributed by atoms with E-state index in [2.05, 4.69) is 15.5 Å². The average molecular weight is 476 g/mol. The zero-order valence-electron chi connectivity index (χ0n) is 21.1. The normalized spacial score (nSPS) is 19.3. The molecule has 2 unspecified atom stereocenters. The number of amides is 2. The molecule has 3 rings (SSSR count). The van der Waals surface area contributed by atoms with Gasteiger partial charge in [-0.05, 0) is 36.5 Å². The monoisotopic (exact) mass is 475 g/mol. The summed E-state index contributed by atoms with van der Waals surface area (Å²) in [6, 6.07) is 5.28. The third-order valence-electron chi connectivity index (χ3n) is 6.97. The van der Waals surface area contributed by atoms with E-state index < -0.39 is 6.04 Å². The van der Waals surface area contributed by atoms with Gasteiger partial charge in [0.2, 0.25) is 11.8 Å². The summed E-state index contributed by atoms with van der Waals surface area (Å²) in [5.74, 6) is 1.22. The number of nitrogens with zero attached hydrogens (tertiary/aromatic N) is 1. The highest BCUT2D eigenvalue weighted by atomic mass is 16.5. The van der Waals surface area contributed by atoms with Crippen molar-refractivity contribution < 1.29 is 23.8 Å². The molecule has 1 aromatic carbocycles. The number of benzene rings is 1. The van der Waals surface area contributed by atoms with Crippen LogP contribution < -0.4 is 20.1 Å². The number of ether oxygens (including phenoxy) is 3. The topological polar surface area (TPSA) is 89.1 Å². The van der Waals surface area contributed by atoms with Crippen LogP contribution in [0.4, 0.5) is 0 Å². The average Bonchev–Trinajstić information content (AvgIpc) is 2.87. The zero-order chi connectivity index (χ0) is 24.5. The highest BCUT2D eigenvalue weighted by Gasteiger charge is 2.30. The lowest BCUT2D eigenvalue weighted by molar-refractivity contribution is -0.132. The van der Waals surface area contributed by atoms with Crippen LogP contribution in [-0.4, -0.2) is 69.8 Å². The van der Waals surface area contributed by atoms with Gasteiger partial charge in [-0.1, -0.05) is 39.2 Å². The van der Waals surface area contributed by atoms with E-state index in [1.165, 1.54) is 6.42 Å². The van der Waals surface area contributed by atoms with Gasteiger partial charge in [0.15, 0.2) is 11.5 Å². The predicted octanol–water partition coefficient (Wildman–Crippen LogP) is 2.91. The first-order chi connectivity index (χ1) is 16.4. The minimum atomic E-state index is -0.551. The van der Waals surface area contributed by atoms with Crippen molar-refractivity contribution >= 4 is 11.8 Å². The van der Waals surface area contributed by atoms with Gasteiger partial charge in [-0.15, -0.1) is 0 Å². The summed E-state index contributed by atoms with van der Waals surface area (Å²) in [4.78, 5) is 28.4. The Hall–Kier alpha value is -2.32. The summed E-state index contributed by atoms with van der Waals surface area (Å²) in [7, 11) is 3.24. The van der Waals surface area contributed by atoms with Crippen molar-refractivity contribution in [2.45, 2.75) is 58.0 Å². The van der Waals surface area contributed by atoms with E-state index in [-0.39, 0.29) is 29.7 Å². The first-order valence-electron chi connectivity index (χ1n) is 12.6. The summed E-state index contributed by atoms with van der Waals surface area (Å²) in [6.45, 7) is 7.24. The predicted molar refractivity (Wildman–Crippen MR) is 131 cm³/mol. The van der Waals surface area contributed by atoms with Gasteiger partial charge >= 0.3 is 0 Å². The molecular formula is C26H41N3O5. The smallest absolute Gasteiger partial charge is 0.242 e. The third kappa shape index (κ3) is 6.85. The first-order valence-corrected chi connectivity index (χ1v) is 12.6. The van der Waals surface area contributed by atoms with E-state index in [0.29, 0.717) is 31.3 Å². The van der Waals surface area contributed by atoms with Crippen molar-refractivity contribution in [1.29, 1.82) is 0 Å². The SMILES string of the molecule is COc1ccc(C(CNC(=O)C(NC(=O)C2CCCCC2)C(C)C)N2CCOCC2)cc1OC. The van der Waals surface area contributed by atoms with Gasteiger partial charge in [0, 0.05) is 25.6 Å². The number of hydrogen-bond acceptors (Lipinski definition) is 6. The molecule has 2 atom stereocenters. The molecule has 2 N–H and O–H groups in total. The molecule has 1 aliphatic carbocycles. The highest BCUT2D eigenvalue weighted by Crippen LogP contribution is 2.32. The second kappa shape index (κ2) is 13.0. The Morgan fingerprint density at radius 2 is 1.74 bits per heavy atom. The Bertz CT molecular complexity index is 804. The number of rotatable bonds is 10. The largest absolute Gasteiger partial charge is 0.493 e. The van der Waals surface area contributed by atoms with E-state index in [4.69, 9.17) is 14.2 Å². The lowest BCUT2D eigenvalue weighted by Crippen LogP contribution is -2.53. The highest BCUT2D eigenvalue weighted by molar-refractivity contribution is 5.88. The fourth-order valence-corrected chi connectivity index (χ4v) is 4.89. The number of carbonyl (C=O) groups excluding carboxylic acids is 2. The van der Waals surface area contributed by atoms with Gasteiger partial charge in [-0.3, -0.25) is 14.5 Å². The molecule has 0 spiro atoms. The molecule has 8 heteroatoms. The number of carbonyl (C=O) groups is 2. The summed E-state index contributed by atoms with van der Waals surface area (Å²) in [5, 5.41) is 6.17. The van der Waals surface area contributed by atoms with Crippen LogP contribution >= 0.6 is 0 Å². The molecule has 0 aromatic heterocycles. The molecule has 1 heterocycles. The van der Waals surface area contributed by atoms with Crippen molar-refractivity contribution in [1.82, 2.24) is 15.5 Å². The Labute approximate surface area is 203 Å². The van der Waals surface area contributed by atoms with Gasteiger partial charge in [-0.25, -0.2) is 0 Å². The quantitative estimate of drug-likeness (QED) is 0.541. The summed E-state index contributed by atoms with van der Waals surface area (Å²) >= 11 is 0. The molecule has 2 amide bonds. The summed E-state index contributed by atoms with van der Waals surface area (Å²) in [5.41, 5.74) is 1.03. The van der Waals surface area contributed by atoms with Crippen LogP contribution in [0.2, 0.25) is 0 Å². The van der Waals surface area contributed by atoms with Crippen molar-refractivity contribution in [3.63, 3.8) is 0 Å². The Balaban J connectivity index is 1.71. The van der Waals surface area contributed by atoms with Crippen LogP contribution in [0.15, 0.2) is 18.2 Å². The molecule has 1 aliphatic heterocycles. The van der Waals surface area contributed by atoms with Crippen LogP contribution in [-0.2, 0) is 14.3 Å². The van der Waals surface area contributed by atoms with E-state index in [9.17, 15) is 9.59 Å². The number of morpholine rings is 1. The van der Waals surface area contributed by atoms with Crippen molar-refractivity contribution in [2.24, 2.45) is 11.8 Å². The number of nitrogens with one attached hydrogen (secondary N) is 2. The lowest BCUT2D eigenvalue weighted by atomic mass is 9.88. The molecule has 1 saturated heterocycles. The van der Waals surface area contributed by atoms with Crippen molar-refractivity contribution in [3.8, 4) is 11.5 Å². The summed E-state index contributed by atoms with van der Waals surface area (Å²) in [6.07, 6.45) is 5.19. The second-order valence-electron chi connectivity index (χ2n) is 9.59. The van der Waals surface area contributed by atoms with Gasteiger partial charge in [0.1, 0.15) is 6.04 Å². The Morgan fingerprint density at radius 3 is 2.35 bits per heavy atom. The fraction of sp³-hybridized carbons (Fsp3) is 0.692. The maximum atomic E-state index is 13.2.